The van der Waals surface area contributed by atoms with E-state index in [4.69, 9.17) is 11.6 Å². The maximum absolute atomic E-state index is 12.1. The van der Waals surface area contributed by atoms with Crippen molar-refractivity contribution in [3.8, 4) is 0 Å². The predicted molar refractivity (Wildman–Crippen MR) is 93.7 cm³/mol. The van der Waals surface area contributed by atoms with E-state index < -0.39 is 11.8 Å². The highest BCUT2D eigenvalue weighted by atomic mass is 35.5. The summed E-state index contributed by atoms with van der Waals surface area (Å²) >= 11 is 7.37. The second kappa shape index (κ2) is 7.07. The van der Waals surface area contributed by atoms with Gasteiger partial charge in [0.25, 0.3) is 11.8 Å². The highest BCUT2D eigenvalue weighted by Crippen LogP contribution is 2.25. The second-order valence-electron chi connectivity index (χ2n) is 5.11. The third kappa shape index (κ3) is 3.60. The van der Waals surface area contributed by atoms with Crippen LogP contribution in [0.3, 0.4) is 0 Å². The molecule has 24 heavy (non-hydrogen) atoms. The van der Waals surface area contributed by atoms with E-state index in [1.807, 2.05) is 12.1 Å². The summed E-state index contributed by atoms with van der Waals surface area (Å²) in [4.78, 5) is 36.5. The van der Waals surface area contributed by atoms with Gasteiger partial charge in [-0.1, -0.05) is 17.7 Å². The summed E-state index contributed by atoms with van der Waals surface area (Å²) in [5.41, 5.74) is 0.867. The summed E-state index contributed by atoms with van der Waals surface area (Å²) in [6.45, 7) is 0. The average Bonchev–Trinajstić information content (AvgIpc) is 2.85. The summed E-state index contributed by atoms with van der Waals surface area (Å²) in [5, 5.41) is 5.59. The molecule has 0 aromatic heterocycles. The fraction of sp³-hybridized carbons (Fsp3) is 0.118. The van der Waals surface area contributed by atoms with Gasteiger partial charge in [-0.15, -0.1) is 11.8 Å². The van der Waals surface area contributed by atoms with Crippen LogP contribution in [0, 0.1) is 0 Å². The number of anilines is 1. The van der Waals surface area contributed by atoms with Crippen molar-refractivity contribution in [1.82, 2.24) is 5.32 Å². The smallest absolute Gasteiger partial charge is 0.261 e. The van der Waals surface area contributed by atoms with Crippen LogP contribution in [-0.2, 0) is 4.79 Å². The topological polar surface area (TPSA) is 75.3 Å². The predicted octanol–water partition coefficient (Wildman–Crippen LogP) is 3.34. The molecule has 7 heteroatoms. The molecule has 0 saturated carbocycles. The highest BCUT2D eigenvalue weighted by molar-refractivity contribution is 7.99. The highest BCUT2D eigenvalue weighted by Gasteiger charge is 2.29. The fourth-order valence-electron chi connectivity index (χ4n) is 2.33. The van der Waals surface area contributed by atoms with Gasteiger partial charge in [0.05, 0.1) is 16.8 Å². The quantitative estimate of drug-likeness (QED) is 0.633. The minimum atomic E-state index is -0.485. The van der Waals surface area contributed by atoms with Crippen LogP contribution in [0.25, 0.3) is 0 Å². The molecule has 0 spiro atoms. The fourth-order valence-corrected chi connectivity index (χ4v) is 3.31. The maximum Gasteiger partial charge on any atom is 0.261 e. The van der Waals surface area contributed by atoms with Crippen molar-refractivity contribution >= 4 is 46.8 Å². The van der Waals surface area contributed by atoms with Crippen LogP contribution in [0.1, 0.15) is 27.1 Å². The van der Waals surface area contributed by atoms with Gasteiger partial charge in [0, 0.05) is 22.1 Å². The molecular weight excluding hydrogens is 348 g/mol. The van der Waals surface area contributed by atoms with Gasteiger partial charge in [-0.2, -0.15) is 0 Å². The summed E-state index contributed by atoms with van der Waals surface area (Å²) < 4.78 is 0. The SMILES string of the molecule is O=C(CCSc1ccc(Cl)cc1)Nc1cccc2c1C(=O)NC2=O. The molecule has 0 fully saturated rings. The number of benzene rings is 2. The van der Waals surface area contributed by atoms with Gasteiger partial charge in [-0.3, -0.25) is 19.7 Å². The molecule has 3 rings (SSSR count). The van der Waals surface area contributed by atoms with E-state index in [1.165, 1.54) is 0 Å². The van der Waals surface area contributed by atoms with Crippen LogP contribution in [0.2, 0.25) is 5.02 Å². The Balaban J connectivity index is 1.59. The lowest BCUT2D eigenvalue weighted by molar-refractivity contribution is -0.115. The van der Waals surface area contributed by atoms with Crippen LogP contribution in [0.5, 0.6) is 0 Å². The normalized spacial score (nSPS) is 12.7. The molecule has 2 aromatic carbocycles. The third-order valence-corrected chi connectivity index (χ3v) is 4.71. The number of amides is 3. The van der Waals surface area contributed by atoms with Gasteiger partial charge in [0.15, 0.2) is 0 Å². The van der Waals surface area contributed by atoms with E-state index >= 15 is 0 Å². The molecule has 122 valence electrons. The van der Waals surface area contributed by atoms with E-state index in [1.54, 1.807) is 42.1 Å². The zero-order chi connectivity index (χ0) is 17.1. The minimum Gasteiger partial charge on any atom is -0.325 e. The van der Waals surface area contributed by atoms with Crippen LogP contribution < -0.4 is 10.6 Å². The number of carbonyl (C=O) groups is 3. The molecule has 0 saturated heterocycles. The zero-order valence-corrected chi connectivity index (χ0v) is 14.0. The number of halogens is 1. The van der Waals surface area contributed by atoms with E-state index in [2.05, 4.69) is 10.6 Å². The van der Waals surface area contributed by atoms with Crippen LogP contribution >= 0.6 is 23.4 Å². The van der Waals surface area contributed by atoms with E-state index in [0.29, 0.717) is 16.5 Å². The lowest BCUT2D eigenvalue weighted by Gasteiger charge is -2.08. The van der Waals surface area contributed by atoms with Crippen molar-refractivity contribution in [2.24, 2.45) is 0 Å². The molecule has 1 aliphatic heterocycles. The maximum atomic E-state index is 12.1. The monoisotopic (exact) mass is 360 g/mol. The van der Waals surface area contributed by atoms with Gasteiger partial charge in [-0.05, 0) is 36.4 Å². The number of imide groups is 1. The van der Waals surface area contributed by atoms with Crippen molar-refractivity contribution in [2.45, 2.75) is 11.3 Å². The Kier molecular flexibility index (Phi) is 4.87. The summed E-state index contributed by atoms with van der Waals surface area (Å²) in [5.74, 6) is -0.545. The summed E-state index contributed by atoms with van der Waals surface area (Å²) in [6.07, 6.45) is 0.284. The number of carbonyl (C=O) groups excluding carboxylic acids is 3. The number of fused-ring (bicyclic) bond motifs is 1. The van der Waals surface area contributed by atoms with Gasteiger partial charge in [0.1, 0.15) is 0 Å². The van der Waals surface area contributed by atoms with Gasteiger partial charge >= 0.3 is 0 Å². The Morgan fingerprint density at radius 2 is 1.83 bits per heavy atom. The number of hydrogen-bond donors (Lipinski definition) is 2. The third-order valence-electron chi connectivity index (χ3n) is 3.45. The zero-order valence-electron chi connectivity index (χ0n) is 12.5. The number of rotatable bonds is 5. The van der Waals surface area contributed by atoms with Crippen molar-refractivity contribution in [3.05, 3.63) is 58.6 Å². The molecule has 2 N–H and O–H groups in total. The Hall–Kier alpha value is -2.31. The van der Waals surface area contributed by atoms with Crippen LogP contribution in [-0.4, -0.2) is 23.5 Å². The second-order valence-corrected chi connectivity index (χ2v) is 6.72. The number of nitrogens with one attached hydrogen (secondary N) is 2. The van der Waals surface area contributed by atoms with Crippen LogP contribution in [0.15, 0.2) is 47.4 Å². The lowest BCUT2D eigenvalue weighted by Crippen LogP contribution is -2.21. The molecule has 0 atom stereocenters. The van der Waals surface area contributed by atoms with Crippen LogP contribution in [0.4, 0.5) is 5.69 Å². The van der Waals surface area contributed by atoms with Gasteiger partial charge in [-0.25, -0.2) is 0 Å². The lowest BCUT2D eigenvalue weighted by atomic mass is 10.1. The molecule has 0 unspecified atom stereocenters. The van der Waals surface area contributed by atoms with Crippen molar-refractivity contribution in [2.75, 3.05) is 11.1 Å². The van der Waals surface area contributed by atoms with Gasteiger partial charge in [0.2, 0.25) is 5.91 Å². The standard InChI is InChI=1S/C17H13ClN2O3S/c18-10-4-6-11(7-5-10)24-9-8-14(21)19-13-3-1-2-12-15(13)17(23)20-16(12)22/h1-7H,8-9H2,(H,19,21)(H,20,22,23). The molecule has 1 heterocycles. The first-order chi connectivity index (χ1) is 11.5. The Morgan fingerprint density at radius 3 is 2.58 bits per heavy atom. The molecule has 2 aromatic rings. The Morgan fingerprint density at radius 1 is 1.08 bits per heavy atom. The molecule has 0 aliphatic carbocycles. The molecule has 0 bridgehead atoms. The minimum absolute atomic E-state index is 0.211. The number of thioether (sulfide) groups is 1. The number of hydrogen-bond acceptors (Lipinski definition) is 4. The Bertz CT molecular complexity index is 821. The summed E-state index contributed by atoms with van der Waals surface area (Å²) in [7, 11) is 0. The average molecular weight is 361 g/mol. The van der Waals surface area contributed by atoms with Crippen molar-refractivity contribution in [1.29, 1.82) is 0 Å². The van der Waals surface area contributed by atoms with E-state index in [0.717, 1.165) is 4.90 Å². The van der Waals surface area contributed by atoms with E-state index in [-0.39, 0.29) is 23.5 Å². The molecular formula is C17H13ClN2O3S. The van der Waals surface area contributed by atoms with Crippen molar-refractivity contribution in [3.63, 3.8) is 0 Å². The van der Waals surface area contributed by atoms with E-state index in [9.17, 15) is 14.4 Å². The summed E-state index contributed by atoms with van der Waals surface area (Å²) in [6, 6.07) is 12.2. The Labute approximate surface area is 147 Å². The first-order valence-electron chi connectivity index (χ1n) is 7.21. The van der Waals surface area contributed by atoms with Crippen molar-refractivity contribution < 1.29 is 14.4 Å². The van der Waals surface area contributed by atoms with Gasteiger partial charge < -0.3 is 5.32 Å². The molecule has 5 nitrogen and oxygen atoms in total. The molecule has 0 radical (unpaired) electrons. The molecule has 3 amide bonds. The first-order valence-corrected chi connectivity index (χ1v) is 8.58. The first kappa shape index (κ1) is 16.5. The largest absolute Gasteiger partial charge is 0.325 e. The molecule has 1 aliphatic rings.